The molecule has 1 amide bonds. The van der Waals surface area contributed by atoms with Crippen molar-refractivity contribution in [1.29, 1.82) is 0 Å². The minimum atomic E-state index is -0.0000694. The Morgan fingerprint density at radius 3 is 2.65 bits per heavy atom. The van der Waals surface area contributed by atoms with Crippen LogP contribution >= 0.6 is 0 Å². The fraction of sp³-hybridized carbons (Fsp3) is 0.357. The summed E-state index contributed by atoms with van der Waals surface area (Å²) < 4.78 is 0. The van der Waals surface area contributed by atoms with Crippen LogP contribution in [0.15, 0.2) is 36.9 Å². The summed E-state index contributed by atoms with van der Waals surface area (Å²) in [4.78, 5) is 11.6. The summed E-state index contributed by atoms with van der Waals surface area (Å²) >= 11 is 0. The van der Waals surface area contributed by atoms with Crippen LogP contribution in [-0.2, 0) is 4.79 Å². The standard InChI is InChI=1S/C14H20N2O/c1-4-9-15-10-14(17)16-12(3)13-7-5-11(2)6-8-13/h4-8,12,15H,1,9-10H2,2-3H3,(H,16,17). The van der Waals surface area contributed by atoms with Crippen LogP contribution in [0.1, 0.15) is 24.1 Å². The maximum Gasteiger partial charge on any atom is 0.234 e. The average Bonchev–Trinajstić information content (AvgIpc) is 2.30. The van der Waals surface area contributed by atoms with Crippen molar-refractivity contribution in [3.05, 3.63) is 48.0 Å². The summed E-state index contributed by atoms with van der Waals surface area (Å²) in [5.41, 5.74) is 2.34. The van der Waals surface area contributed by atoms with E-state index in [2.05, 4.69) is 17.2 Å². The zero-order valence-corrected chi connectivity index (χ0v) is 10.5. The van der Waals surface area contributed by atoms with Gasteiger partial charge in [0.15, 0.2) is 0 Å². The molecule has 0 bridgehead atoms. The lowest BCUT2D eigenvalue weighted by molar-refractivity contribution is -0.120. The van der Waals surface area contributed by atoms with Gasteiger partial charge in [-0.2, -0.15) is 0 Å². The molecule has 0 aliphatic heterocycles. The molecule has 1 aromatic carbocycles. The fourth-order valence-electron chi connectivity index (χ4n) is 1.52. The molecule has 0 radical (unpaired) electrons. The van der Waals surface area contributed by atoms with Gasteiger partial charge in [0.2, 0.25) is 5.91 Å². The zero-order valence-electron chi connectivity index (χ0n) is 10.5. The molecule has 17 heavy (non-hydrogen) atoms. The number of hydrogen-bond donors (Lipinski definition) is 2. The topological polar surface area (TPSA) is 41.1 Å². The van der Waals surface area contributed by atoms with Crippen molar-refractivity contribution < 1.29 is 4.79 Å². The summed E-state index contributed by atoms with van der Waals surface area (Å²) in [5.74, 6) is -0.0000694. The second-order valence-electron chi connectivity index (χ2n) is 4.12. The van der Waals surface area contributed by atoms with Crippen molar-refractivity contribution in [3.8, 4) is 0 Å². The van der Waals surface area contributed by atoms with E-state index in [0.717, 1.165) is 5.56 Å². The second-order valence-corrected chi connectivity index (χ2v) is 4.12. The number of carbonyl (C=O) groups excluding carboxylic acids is 1. The number of amides is 1. The quantitative estimate of drug-likeness (QED) is 0.581. The molecule has 0 saturated heterocycles. The van der Waals surface area contributed by atoms with E-state index in [-0.39, 0.29) is 11.9 Å². The molecule has 1 unspecified atom stereocenters. The molecule has 0 fully saturated rings. The maximum atomic E-state index is 11.6. The number of benzene rings is 1. The fourth-order valence-corrected chi connectivity index (χ4v) is 1.52. The van der Waals surface area contributed by atoms with Gasteiger partial charge in [-0.25, -0.2) is 0 Å². The highest BCUT2D eigenvalue weighted by molar-refractivity contribution is 5.78. The lowest BCUT2D eigenvalue weighted by Gasteiger charge is -2.14. The molecule has 0 aliphatic carbocycles. The Hall–Kier alpha value is -1.61. The first kappa shape index (κ1) is 13.5. The Labute approximate surface area is 103 Å². The van der Waals surface area contributed by atoms with Gasteiger partial charge in [0.25, 0.3) is 0 Å². The van der Waals surface area contributed by atoms with Gasteiger partial charge < -0.3 is 10.6 Å². The highest BCUT2D eigenvalue weighted by Crippen LogP contribution is 2.12. The van der Waals surface area contributed by atoms with Gasteiger partial charge in [-0.05, 0) is 19.4 Å². The predicted octanol–water partition coefficient (Wildman–Crippen LogP) is 1.95. The van der Waals surface area contributed by atoms with Crippen molar-refractivity contribution in [2.24, 2.45) is 0 Å². The maximum absolute atomic E-state index is 11.6. The molecule has 0 heterocycles. The van der Waals surface area contributed by atoms with Gasteiger partial charge in [-0.1, -0.05) is 35.9 Å². The summed E-state index contributed by atoms with van der Waals surface area (Å²) in [5, 5.41) is 5.91. The highest BCUT2D eigenvalue weighted by atomic mass is 16.1. The van der Waals surface area contributed by atoms with Crippen LogP contribution in [0.2, 0.25) is 0 Å². The smallest absolute Gasteiger partial charge is 0.234 e. The summed E-state index contributed by atoms with van der Waals surface area (Å²) in [6, 6.07) is 8.21. The Kier molecular flexibility index (Phi) is 5.43. The minimum Gasteiger partial charge on any atom is -0.348 e. The number of aryl methyl sites for hydroxylation is 1. The SMILES string of the molecule is C=CCNCC(=O)NC(C)c1ccc(C)cc1. The van der Waals surface area contributed by atoms with Crippen LogP contribution in [0.4, 0.5) is 0 Å². The van der Waals surface area contributed by atoms with Gasteiger partial charge in [0.05, 0.1) is 12.6 Å². The largest absolute Gasteiger partial charge is 0.348 e. The van der Waals surface area contributed by atoms with E-state index >= 15 is 0 Å². The number of carbonyl (C=O) groups is 1. The van der Waals surface area contributed by atoms with Crippen LogP contribution in [-0.4, -0.2) is 19.0 Å². The molecule has 0 spiro atoms. The van der Waals surface area contributed by atoms with Gasteiger partial charge in [-0.15, -0.1) is 6.58 Å². The first-order valence-corrected chi connectivity index (χ1v) is 5.81. The summed E-state index contributed by atoms with van der Waals surface area (Å²) in [6.07, 6.45) is 1.73. The van der Waals surface area contributed by atoms with Gasteiger partial charge in [0, 0.05) is 6.54 Å². The van der Waals surface area contributed by atoms with E-state index in [9.17, 15) is 4.79 Å². The van der Waals surface area contributed by atoms with Crippen LogP contribution < -0.4 is 10.6 Å². The third kappa shape index (κ3) is 4.83. The molecule has 2 N–H and O–H groups in total. The zero-order chi connectivity index (χ0) is 12.7. The van der Waals surface area contributed by atoms with E-state index < -0.39 is 0 Å². The minimum absolute atomic E-state index is 0.0000694. The van der Waals surface area contributed by atoms with Crippen molar-refractivity contribution in [3.63, 3.8) is 0 Å². The van der Waals surface area contributed by atoms with E-state index in [4.69, 9.17) is 0 Å². The van der Waals surface area contributed by atoms with Gasteiger partial charge in [-0.3, -0.25) is 4.79 Å². The van der Waals surface area contributed by atoms with E-state index in [0.29, 0.717) is 13.1 Å². The molecule has 0 aromatic heterocycles. The molecule has 1 atom stereocenters. The Bertz CT molecular complexity index is 370. The monoisotopic (exact) mass is 232 g/mol. The predicted molar refractivity (Wildman–Crippen MR) is 70.8 cm³/mol. The Morgan fingerprint density at radius 1 is 1.41 bits per heavy atom. The summed E-state index contributed by atoms with van der Waals surface area (Å²) in [7, 11) is 0. The molecule has 3 nitrogen and oxygen atoms in total. The van der Waals surface area contributed by atoms with Gasteiger partial charge in [0.1, 0.15) is 0 Å². The molecular weight excluding hydrogens is 212 g/mol. The number of hydrogen-bond acceptors (Lipinski definition) is 2. The molecular formula is C14H20N2O. The Balaban J connectivity index is 2.42. The van der Waals surface area contributed by atoms with E-state index in [1.165, 1.54) is 5.56 Å². The number of rotatable bonds is 6. The lowest BCUT2D eigenvalue weighted by atomic mass is 10.1. The number of nitrogens with one attached hydrogen (secondary N) is 2. The molecule has 92 valence electrons. The van der Waals surface area contributed by atoms with Crippen LogP contribution in [0, 0.1) is 6.92 Å². The molecule has 0 aliphatic rings. The normalized spacial score (nSPS) is 11.9. The molecule has 1 aromatic rings. The first-order chi connectivity index (χ1) is 8.13. The molecule has 0 saturated carbocycles. The third-order valence-corrected chi connectivity index (χ3v) is 2.53. The third-order valence-electron chi connectivity index (χ3n) is 2.53. The first-order valence-electron chi connectivity index (χ1n) is 5.81. The van der Waals surface area contributed by atoms with Gasteiger partial charge >= 0.3 is 0 Å². The van der Waals surface area contributed by atoms with Crippen molar-refractivity contribution in [2.75, 3.05) is 13.1 Å². The molecule has 3 heteroatoms. The van der Waals surface area contributed by atoms with Crippen LogP contribution in [0.3, 0.4) is 0 Å². The van der Waals surface area contributed by atoms with Crippen molar-refractivity contribution >= 4 is 5.91 Å². The van der Waals surface area contributed by atoms with E-state index in [1.54, 1.807) is 6.08 Å². The van der Waals surface area contributed by atoms with Crippen LogP contribution in [0.25, 0.3) is 0 Å². The summed E-state index contributed by atoms with van der Waals surface area (Å²) in [6.45, 7) is 8.58. The van der Waals surface area contributed by atoms with Crippen LogP contribution in [0.5, 0.6) is 0 Å². The highest BCUT2D eigenvalue weighted by Gasteiger charge is 2.08. The van der Waals surface area contributed by atoms with Crippen molar-refractivity contribution in [2.45, 2.75) is 19.9 Å². The van der Waals surface area contributed by atoms with Crippen molar-refractivity contribution in [1.82, 2.24) is 10.6 Å². The second kappa shape index (κ2) is 6.86. The average molecular weight is 232 g/mol. The molecule has 1 rings (SSSR count). The van der Waals surface area contributed by atoms with E-state index in [1.807, 2.05) is 38.1 Å². The Morgan fingerprint density at radius 2 is 2.06 bits per heavy atom. The lowest BCUT2D eigenvalue weighted by Crippen LogP contribution is -2.35.